The van der Waals surface area contributed by atoms with Crippen molar-refractivity contribution in [3.63, 3.8) is 0 Å². The van der Waals surface area contributed by atoms with Crippen molar-refractivity contribution in [3.8, 4) is 11.1 Å². The Hall–Kier alpha value is -4.82. The van der Waals surface area contributed by atoms with Gasteiger partial charge in [-0.25, -0.2) is 0 Å². The minimum atomic E-state index is 0.338. The molecule has 2 aromatic carbocycles. The van der Waals surface area contributed by atoms with E-state index in [0.29, 0.717) is 11.8 Å². The summed E-state index contributed by atoms with van der Waals surface area (Å²) in [4.78, 5) is 8.93. The van der Waals surface area contributed by atoms with E-state index in [1.165, 1.54) is 66.1 Å². The van der Waals surface area contributed by atoms with Crippen molar-refractivity contribution in [1.29, 1.82) is 0 Å². The number of rotatable bonds is 4. The minimum Gasteiger partial charge on any atom is -0.265 e. The highest BCUT2D eigenvalue weighted by Gasteiger charge is 2.34. The van der Waals surface area contributed by atoms with Gasteiger partial charge in [0.1, 0.15) is 0 Å². The van der Waals surface area contributed by atoms with Crippen LogP contribution in [0.5, 0.6) is 0 Å². The minimum absolute atomic E-state index is 0.338. The first-order chi connectivity index (χ1) is 21.2. The van der Waals surface area contributed by atoms with Gasteiger partial charge in [-0.05, 0) is 117 Å². The van der Waals surface area contributed by atoms with Gasteiger partial charge in [0.25, 0.3) is 0 Å². The van der Waals surface area contributed by atoms with Gasteiger partial charge in [0.05, 0.1) is 5.69 Å². The Bertz CT molecular complexity index is 2030. The van der Waals surface area contributed by atoms with E-state index in [1.807, 2.05) is 18.6 Å². The van der Waals surface area contributed by atoms with Gasteiger partial charge in [-0.3, -0.25) is 9.97 Å². The number of pyridine rings is 2. The van der Waals surface area contributed by atoms with Crippen molar-refractivity contribution >= 4 is 22.8 Å². The number of benzene rings is 2. The summed E-state index contributed by atoms with van der Waals surface area (Å²) in [5, 5.41) is 2.80. The average molecular weight is 555 g/mol. The van der Waals surface area contributed by atoms with E-state index in [9.17, 15) is 0 Å². The van der Waals surface area contributed by atoms with Crippen molar-refractivity contribution in [2.75, 3.05) is 0 Å². The number of fused-ring (bicyclic) bond motifs is 3. The Labute approximate surface area is 253 Å². The topological polar surface area (TPSA) is 25.8 Å². The lowest BCUT2D eigenvalue weighted by Crippen LogP contribution is -2.40. The molecule has 0 spiro atoms. The molecule has 2 atom stereocenters. The lowest BCUT2D eigenvalue weighted by molar-refractivity contribution is 0.673. The predicted molar refractivity (Wildman–Crippen MR) is 178 cm³/mol. The summed E-state index contributed by atoms with van der Waals surface area (Å²) in [6, 6.07) is 24.5. The third kappa shape index (κ3) is 4.68. The molecule has 0 N–H and O–H groups in total. The summed E-state index contributed by atoms with van der Waals surface area (Å²) < 4.78 is 0. The number of aromatic nitrogens is 2. The highest BCUT2D eigenvalue weighted by Crippen LogP contribution is 2.44. The molecule has 0 amide bonds. The fourth-order valence-electron chi connectivity index (χ4n) is 7.48. The molecule has 43 heavy (non-hydrogen) atoms. The summed E-state index contributed by atoms with van der Waals surface area (Å²) in [7, 11) is 0. The molecule has 2 aromatic heterocycles. The maximum Gasteiger partial charge on any atom is 0.0667 e. The monoisotopic (exact) mass is 554 g/mol. The maximum absolute atomic E-state index is 4.76. The van der Waals surface area contributed by atoms with Gasteiger partial charge in [-0.15, -0.1) is 0 Å². The van der Waals surface area contributed by atoms with Crippen LogP contribution in [-0.4, -0.2) is 9.97 Å². The molecule has 2 nitrogen and oxygen atoms in total. The van der Waals surface area contributed by atoms with Crippen LogP contribution in [0.1, 0.15) is 41.6 Å². The average Bonchev–Trinajstić information content (AvgIpc) is 3.07. The van der Waals surface area contributed by atoms with Crippen LogP contribution in [-0.2, 0) is 6.42 Å². The molecular formula is C41H34N2. The quantitative estimate of drug-likeness (QED) is 0.256. The largest absolute Gasteiger partial charge is 0.265 e. The zero-order valence-corrected chi connectivity index (χ0v) is 24.5. The zero-order valence-electron chi connectivity index (χ0n) is 24.5. The summed E-state index contributed by atoms with van der Waals surface area (Å²) >= 11 is 0. The molecular weight excluding hydrogens is 520 g/mol. The van der Waals surface area contributed by atoms with Crippen LogP contribution in [0.2, 0.25) is 0 Å². The van der Waals surface area contributed by atoms with Crippen LogP contribution < -0.4 is 10.4 Å². The van der Waals surface area contributed by atoms with Crippen molar-refractivity contribution < 1.29 is 0 Å². The normalized spacial score (nSPS) is 20.4. The van der Waals surface area contributed by atoms with Gasteiger partial charge < -0.3 is 0 Å². The van der Waals surface area contributed by atoms with Gasteiger partial charge in [0.15, 0.2) is 0 Å². The van der Waals surface area contributed by atoms with Crippen LogP contribution in [0.4, 0.5) is 0 Å². The van der Waals surface area contributed by atoms with Gasteiger partial charge in [-0.2, -0.15) is 0 Å². The molecule has 0 fully saturated rings. The van der Waals surface area contributed by atoms with E-state index in [4.69, 9.17) is 4.98 Å². The van der Waals surface area contributed by atoms with Gasteiger partial charge in [0, 0.05) is 30.4 Å². The Morgan fingerprint density at radius 1 is 0.628 bits per heavy atom. The number of allylic oxidation sites excluding steroid dienone is 9. The van der Waals surface area contributed by atoms with Crippen LogP contribution >= 0.6 is 0 Å². The van der Waals surface area contributed by atoms with E-state index in [1.54, 1.807) is 0 Å². The number of hydrogen-bond donors (Lipinski definition) is 0. The summed E-state index contributed by atoms with van der Waals surface area (Å²) in [6.45, 7) is 2.20. The summed E-state index contributed by atoms with van der Waals surface area (Å²) in [5.41, 5.74) is 14.9. The fraction of sp³-hybridized carbons (Fsp3) is 0.171. The third-order valence-corrected chi connectivity index (χ3v) is 9.54. The van der Waals surface area contributed by atoms with Crippen molar-refractivity contribution in [2.24, 2.45) is 11.8 Å². The molecule has 2 unspecified atom stereocenters. The molecule has 2 heterocycles. The molecule has 0 bridgehead atoms. The standard InChI is InChI=1S/C41H34N2/c1-27-10-11-32-25-34(17-16-31(32)24-27)41-37-8-4-2-6-35(37)40(36-7-3-5-9-38(36)41)30-14-12-29(13-15-30)39-26-33(20-23-43-39)28-18-21-42-22-19-28/h2-12,14,18-26,35,37H,13,15-17H2,1H3. The lowest BCUT2D eigenvalue weighted by atomic mass is 9.67. The first-order valence-corrected chi connectivity index (χ1v) is 15.5. The van der Waals surface area contributed by atoms with Gasteiger partial charge in [0.2, 0.25) is 0 Å². The first-order valence-electron chi connectivity index (χ1n) is 15.5. The van der Waals surface area contributed by atoms with Crippen LogP contribution in [0, 0.1) is 18.8 Å². The lowest BCUT2D eigenvalue weighted by Gasteiger charge is -2.36. The van der Waals surface area contributed by atoms with Crippen molar-refractivity contribution in [3.05, 3.63) is 166 Å². The summed E-state index contributed by atoms with van der Waals surface area (Å²) in [5.74, 6) is 0.683. The third-order valence-electron chi connectivity index (χ3n) is 9.54. The molecule has 4 aliphatic rings. The Morgan fingerprint density at radius 3 is 2.05 bits per heavy atom. The maximum atomic E-state index is 4.76. The van der Waals surface area contributed by atoms with Crippen LogP contribution in [0.25, 0.3) is 33.9 Å². The second kappa shape index (κ2) is 10.8. The van der Waals surface area contributed by atoms with E-state index < -0.39 is 0 Å². The Kier molecular flexibility index (Phi) is 6.48. The van der Waals surface area contributed by atoms with E-state index in [-0.39, 0.29) is 0 Å². The molecule has 8 rings (SSSR count). The fourth-order valence-corrected chi connectivity index (χ4v) is 7.48. The highest BCUT2D eigenvalue weighted by molar-refractivity contribution is 5.85. The molecule has 208 valence electrons. The first kappa shape index (κ1) is 25.9. The smallest absolute Gasteiger partial charge is 0.0667 e. The molecule has 4 aromatic rings. The van der Waals surface area contributed by atoms with Crippen molar-refractivity contribution in [1.82, 2.24) is 9.97 Å². The van der Waals surface area contributed by atoms with E-state index in [2.05, 4.69) is 121 Å². The van der Waals surface area contributed by atoms with Crippen LogP contribution in [0.3, 0.4) is 0 Å². The second-order valence-electron chi connectivity index (χ2n) is 12.1. The SMILES string of the molecule is Cc1ccc2c(c1)CCC(C1=c3ccccc3=C(C3=CC=C(c4cc(-c5ccncc5)ccn4)CC3)C3C=CC=CC13)=C2. The van der Waals surface area contributed by atoms with Gasteiger partial charge in [-0.1, -0.05) is 90.6 Å². The molecule has 4 aliphatic carbocycles. The predicted octanol–water partition coefficient (Wildman–Crippen LogP) is 7.96. The molecule has 0 radical (unpaired) electrons. The molecule has 2 heteroatoms. The zero-order chi connectivity index (χ0) is 28.8. The van der Waals surface area contributed by atoms with Gasteiger partial charge >= 0.3 is 0 Å². The highest BCUT2D eigenvalue weighted by atomic mass is 14.7. The molecule has 0 aliphatic heterocycles. The molecule has 0 saturated heterocycles. The number of hydrogen-bond acceptors (Lipinski definition) is 2. The van der Waals surface area contributed by atoms with E-state index in [0.717, 1.165) is 31.4 Å². The van der Waals surface area contributed by atoms with Crippen molar-refractivity contribution in [2.45, 2.75) is 32.6 Å². The van der Waals surface area contributed by atoms with Crippen LogP contribution in [0.15, 0.2) is 133 Å². The Balaban J connectivity index is 1.25. The molecule has 0 saturated carbocycles. The number of aryl methyl sites for hydroxylation is 2. The summed E-state index contributed by atoms with van der Waals surface area (Å²) in [6.07, 6.45) is 26.4. The Morgan fingerprint density at radius 2 is 1.30 bits per heavy atom. The second-order valence-corrected chi connectivity index (χ2v) is 12.1. The number of nitrogens with zero attached hydrogens (tertiary/aromatic N) is 2. The van der Waals surface area contributed by atoms with E-state index >= 15 is 0 Å².